The lowest BCUT2D eigenvalue weighted by molar-refractivity contribution is 0.0990. The molecule has 19 heavy (non-hydrogen) atoms. The van der Waals surface area contributed by atoms with E-state index in [1.807, 2.05) is 55.2 Å². The number of thiazole rings is 1. The van der Waals surface area contributed by atoms with Crippen molar-refractivity contribution >= 4 is 27.5 Å². The van der Waals surface area contributed by atoms with Crippen LogP contribution in [0.3, 0.4) is 0 Å². The molecular formula is C14H13N3OS. The van der Waals surface area contributed by atoms with Crippen LogP contribution >= 0.6 is 11.3 Å². The van der Waals surface area contributed by atoms with Crippen molar-refractivity contribution < 1.29 is 4.79 Å². The van der Waals surface area contributed by atoms with E-state index in [1.54, 1.807) is 10.6 Å². The second-order valence-corrected chi connectivity index (χ2v) is 5.34. The van der Waals surface area contributed by atoms with Crippen LogP contribution in [0.5, 0.6) is 0 Å². The lowest BCUT2D eigenvalue weighted by Crippen LogP contribution is -2.14. The largest absolute Gasteiger partial charge is 0.347 e. The summed E-state index contributed by atoms with van der Waals surface area (Å²) in [5, 5.41) is 0. The second kappa shape index (κ2) is 4.51. The molecule has 0 N–H and O–H groups in total. The van der Waals surface area contributed by atoms with Crippen LogP contribution in [0.2, 0.25) is 0 Å². The van der Waals surface area contributed by atoms with Gasteiger partial charge < -0.3 is 9.13 Å². The minimum absolute atomic E-state index is 0.213. The summed E-state index contributed by atoms with van der Waals surface area (Å²) < 4.78 is 4.85. The lowest BCUT2D eigenvalue weighted by Gasteiger charge is -1.97. The predicted molar refractivity (Wildman–Crippen MR) is 76.1 cm³/mol. The first-order chi connectivity index (χ1) is 9.16. The third kappa shape index (κ3) is 2.02. The highest BCUT2D eigenvalue weighted by Gasteiger charge is 2.08. The minimum Gasteiger partial charge on any atom is -0.347 e. The number of hydrogen-bond donors (Lipinski definition) is 0. The average Bonchev–Trinajstić information content (AvgIpc) is 2.95. The fraction of sp³-hybridized carbons (Fsp3) is 0.143. The van der Waals surface area contributed by atoms with E-state index in [0.29, 0.717) is 10.5 Å². The molecule has 0 atom stereocenters. The average molecular weight is 271 g/mol. The van der Waals surface area contributed by atoms with Gasteiger partial charge in [-0.05, 0) is 24.3 Å². The smallest absolute Gasteiger partial charge is 0.296 e. The van der Waals surface area contributed by atoms with Crippen LogP contribution in [0.25, 0.3) is 10.2 Å². The standard InChI is InChI=1S/C14H13N3OS/c1-16-9-5-7-11(16)13(18)15-14-17(2)10-6-3-4-8-12(10)19-14/h3-9H,1-2H3. The summed E-state index contributed by atoms with van der Waals surface area (Å²) >= 11 is 1.52. The molecular weight excluding hydrogens is 258 g/mol. The van der Waals surface area contributed by atoms with Gasteiger partial charge in [0.2, 0.25) is 0 Å². The molecule has 0 aliphatic carbocycles. The first kappa shape index (κ1) is 11.9. The summed E-state index contributed by atoms with van der Waals surface area (Å²) in [5.41, 5.74) is 1.68. The van der Waals surface area contributed by atoms with Crippen molar-refractivity contribution in [2.45, 2.75) is 0 Å². The number of para-hydroxylation sites is 1. The Hall–Kier alpha value is -2.14. The fourth-order valence-corrected chi connectivity index (χ4v) is 3.03. The van der Waals surface area contributed by atoms with Crippen LogP contribution in [0.1, 0.15) is 10.5 Å². The topological polar surface area (TPSA) is 39.3 Å². The van der Waals surface area contributed by atoms with E-state index < -0.39 is 0 Å². The summed E-state index contributed by atoms with van der Waals surface area (Å²) in [7, 11) is 3.77. The molecule has 1 amide bonds. The Balaban J connectivity index is 2.14. The van der Waals surface area contributed by atoms with E-state index in [9.17, 15) is 4.79 Å². The summed E-state index contributed by atoms with van der Waals surface area (Å²) in [4.78, 5) is 17.1. The van der Waals surface area contributed by atoms with E-state index in [0.717, 1.165) is 10.2 Å². The lowest BCUT2D eigenvalue weighted by atomic mass is 10.3. The van der Waals surface area contributed by atoms with Gasteiger partial charge in [-0.3, -0.25) is 4.79 Å². The molecule has 5 heteroatoms. The number of fused-ring (bicyclic) bond motifs is 1. The molecule has 0 saturated heterocycles. The molecule has 1 aromatic carbocycles. The molecule has 0 aliphatic heterocycles. The Bertz CT molecular complexity index is 822. The third-order valence-corrected chi connectivity index (χ3v) is 4.19. The number of amides is 1. The Kier molecular flexibility index (Phi) is 2.83. The van der Waals surface area contributed by atoms with Crippen LogP contribution in [-0.4, -0.2) is 15.0 Å². The van der Waals surface area contributed by atoms with Crippen molar-refractivity contribution in [3.8, 4) is 0 Å². The maximum absolute atomic E-state index is 12.1. The molecule has 96 valence electrons. The summed E-state index contributed by atoms with van der Waals surface area (Å²) in [6, 6.07) is 11.6. The molecule has 3 rings (SSSR count). The monoisotopic (exact) mass is 271 g/mol. The number of carbonyl (C=O) groups is 1. The van der Waals surface area contributed by atoms with E-state index in [1.165, 1.54) is 11.3 Å². The van der Waals surface area contributed by atoms with Crippen LogP contribution in [0.15, 0.2) is 47.6 Å². The van der Waals surface area contributed by atoms with Gasteiger partial charge in [-0.15, -0.1) is 0 Å². The minimum atomic E-state index is -0.213. The molecule has 2 heterocycles. The summed E-state index contributed by atoms with van der Waals surface area (Å²) in [6.07, 6.45) is 1.84. The van der Waals surface area contributed by atoms with Gasteiger partial charge in [-0.2, -0.15) is 4.99 Å². The zero-order valence-corrected chi connectivity index (χ0v) is 11.5. The van der Waals surface area contributed by atoms with Crippen LogP contribution in [-0.2, 0) is 14.1 Å². The number of hydrogen-bond acceptors (Lipinski definition) is 2. The number of carbonyl (C=O) groups excluding carboxylic acids is 1. The molecule has 0 bridgehead atoms. The van der Waals surface area contributed by atoms with E-state index in [-0.39, 0.29) is 5.91 Å². The molecule has 3 aromatic rings. The van der Waals surface area contributed by atoms with Crippen molar-refractivity contribution in [2.75, 3.05) is 0 Å². The Morgan fingerprint density at radius 2 is 1.95 bits per heavy atom. The highest BCUT2D eigenvalue weighted by atomic mass is 32.1. The molecule has 0 spiro atoms. The molecule has 0 radical (unpaired) electrons. The van der Waals surface area contributed by atoms with Gasteiger partial charge in [0.05, 0.1) is 10.2 Å². The zero-order chi connectivity index (χ0) is 13.4. The van der Waals surface area contributed by atoms with Gasteiger partial charge in [-0.1, -0.05) is 23.5 Å². The molecule has 0 saturated carbocycles. The molecule has 0 fully saturated rings. The van der Waals surface area contributed by atoms with Gasteiger partial charge in [0, 0.05) is 20.3 Å². The first-order valence-electron chi connectivity index (χ1n) is 5.92. The Morgan fingerprint density at radius 1 is 1.16 bits per heavy atom. The third-order valence-electron chi connectivity index (χ3n) is 3.07. The second-order valence-electron chi connectivity index (χ2n) is 4.33. The Morgan fingerprint density at radius 3 is 2.63 bits per heavy atom. The van der Waals surface area contributed by atoms with Gasteiger partial charge in [-0.25, -0.2) is 0 Å². The highest BCUT2D eigenvalue weighted by molar-refractivity contribution is 7.16. The first-order valence-corrected chi connectivity index (χ1v) is 6.73. The van der Waals surface area contributed by atoms with Crippen LogP contribution < -0.4 is 4.80 Å². The number of nitrogens with zero attached hydrogens (tertiary/aromatic N) is 3. The quantitative estimate of drug-likeness (QED) is 0.669. The molecule has 0 aliphatic rings. The van der Waals surface area contributed by atoms with Gasteiger partial charge in [0.15, 0.2) is 4.80 Å². The fourth-order valence-electron chi connectivity index (χ4n) is 2.02. The number of rotatable bonds is 1. The zero-order valence-electron chi connectivity index (χ0n) is 10.7. The molecule has 0 unspecified atom stereocenters. The van der Waals surface area contributed by atoms with Crippen molar-refractivity contribution in [3.63, 3.8) is 0 Å². The van der Waals surface area contributed by atoms with E-state index in [2.05, 4.69) is 4.99 Å². The molecule has 4 nitrogen and oxygen atoms in total. The number of aryl methyl sites for hydroxylation is 2. The van der Waals surface area contributed by atoms with Gasteiger partial charge in [0.25, 0.3) is 5.91 Å². The van der Waals surface area contributed by atoms with Gasteiger partial charge >= 0.3 is 0 Å². The molecule has 2 aromatic heterocycles. The predicted octanol–water partition coefficient (Wildman–Crippen LogP) is 2.32. The SMILES string of the molecule is Cn1cccc1C(=O)N=c1sc2ccccc2n1C. The number of aromatic nitrogens is 2. The normalized spacial score (nSPS) is 12.2. The van der Waals surface area contributed by atoms with Crippen LogP contribution in [0, 0.1) is 0 Å². The van der Waals surface area contributed by atoms with Crippen molar-refractivity contribution in [1.82, 2.24) is 9.13 Å². The van der Waals surface area contributed by atoms with Crippen molar-refractivity contribution in [2.24, 2.45) is 19.1 Å². The van der Waals surface area contributed by atoms with Crippen molar-refractivity contribution in [3.05, 3.63) is 53.1 Å². The van der Waals surface area contributed by atoms with Crippen LogP contribution in [0.4, 0.5) is 0 Å². The van der Waals surface area contributed by atoms with E-state index >= 15 is 0 Å². The maximum atomic E-state index is 12.1. The van der Waals surface area contributed by atoms with Crippen molar-refractivity contribution in [1.29, 1.82) is 0 Å². The highest BCUT2D eigenvalue weighted by Crippen LogP contribution is 2.15. The number of benzene rings is 1. The summed E-state index contributed by atoms with van der Waals surface area (Å²) in [5.74, 6) is -0.213. The Labute approximate surface area is 114 Å². The summed E-state index contributed by atoms with van der Waals surface area (Å²) in [6.45, 7) is 0. The van der Waals surface area contributed by atoms with Gasteiger partial charge in [0.1, 0.15) is 5.69 Å². The maximum Gasteiger partial charge on any atom is 0.296 e. The van der Waals surface area contributed by atoms with E-state index in [4.69, 9.17) is 0 Å².